The highest BCUT2D eigenvalue weighted by Crippen LogP contribution is 2.59. The van der Waals surface area contributed by atoms with E-state index in [1.165, 1.54) is 10.5 Å². The van der Waals surface area contributed by atoms with Crippen LogP contribution in [0.15, 0.2) is 78.9 Å². The number of hydrogen-bond acceptors (Lipinski definition) is 5. The van der Waals surface area contributed by atoms with Crippen molar-refractivity contribution in [1.29, 1.82) is 0 Å². The molecule has 4 bridgehead atoms. The normalized spacial score (nSPS) is 27.7. The predicted octanol–water partition coefficient (Wildman–Crippen LogP) is 4.33. The van der Waals surface area contributed by atoms with Gasteiger partial charge in [0, 0.05) is 18.8 Å². The molecule has 4 aliphatic rings. The summed E-state index contributed by atoms with van der Waals surface area (Å²) in [7, 11) is 0. The zero-order valence-electron chi connectivity index (χ0n) is 19.8. The standard InChI is InChI=1S/C30H26N2O4/c33-27-20-10-4-5-11-21(20)28(34)31(27)17-16-30-22-12-6-7-13-24(22)32(18-19-8-2-1-3-9-19)25-15-14-23(30)29(35)36-26(25)30/h1-13,23,25-26H,14-18H2/t23-,25+,26-,30-/m1/s1. The molecule has 1 saturated heterocycles. The van der Waals surface area contributed by atoms with Gasteiger partial charge in [0.25, 0.3) is 11.8 Å². The van der Waals surface area contributed by atoms with Crippen molar-refractivity contribution in [2.45, 2.75) is 43.4 Å². The minimum atomic E-state index is -0.556. The fraction of sp³-hybridized carbons (Fsp3) is 0.300. The fourth-order valence-electron chi connectivity index (χ4n) is 7.14. The lowest BCUT2D eigenvalue weighted by Crippen LogP contribution is -2.61. The van der Waals surface area contributed by atoms with Gasteiger partial charge in [0.15, 0.2) is 0 Å². The Morgan fingerprint density at radius 2 is 1.47 bits per heavy atom. The van der Waals surface area contributed by atoms with Crippen molar-refractivity contribution in [2.75, 3.05) is 11.4 Å². The summed E-state index contributed by atoms with van der Waals surface area (Å²) >= 11 is 0. The highest BCUT2D eigenvalue weighted by atomic mass is 16.6. The number of nitrogens with zero attached hydrogens (tertiary/aromatic N) is 2. The molecule has 3 aliphatic heterocycles. The van der Waals surface area contributed by atoms with Crippen LogP contribution in [0.2, 0.25) is 0 Å². The second kappa shape index (κ2) is 7.79. The topological polar surface area (TPSA) is 66.9 Å². The van der Waals surface area contributed by atoms with Gasteiger partial charge in [-0.15, -0.1) is 0 Å². The molecule has 1 saturated carbocycles. The van der Waals surface area contributed by atoms with Gasteiger partial charge < -0.3 is 9.64 Å². The Bertz CT molecular complexity index is 1370. The van der Waals surface area contributed by atoms with Crippen LogP contribution in [-0.2, 0) is 21.5 Å². The molecule has 4 atom stereocenters. The van der Waals surface area contributed by atoms with E-state index in [1.807, 2.05) is 30.3 Å². The number of esters is 1. The maximum atomic E-state index is 13.2. The number of para-hydroxylation sites is 1. The number of carbonyl (C=O) groups excluding carboxylic acids is 3. The smallest absolute Gasteiger partial charge is 0.310 e. The third-order valence-corrected chi connectivity index (χ3v) is 8.70. The lowest BCUT2D eigenvalue weighted by Gasteiger charge is -2.54. The monoisotopic (exact) mass is 478 g/mol. The summed E-state index contributed by atoms with van der Waals surface area (Å²) in [6, 6.07) is 25.7. The lowest BCUT2D eigenvalue weighted by molar-refractivity contribution is -0.143. The number of rotatable bonds is 5. The zero-order chi connectivity index (χ0) is 24.4. The molecule has 7 rings (SSSR count). The molecule has 1 aliphatic carbocycles. The van der Waals surface area contributed by atoms with E-state index in [1.54, 1.807) is 24.3 Å². The quantitative estimate of drug-likeness (QED) is 0.403. The number of amides is 2. The zero-order valence-corrected chi connectivity index (χ0v) is 19.8. The molecule has 0 unspecified atom stereocenters. The maximum Gasteiger partial charge on any atom is 0.310 e. The van der Waals surface area contributed by atoms with E-state index < -0.39 is 5.41 Å². The first-order valence-electron chi connectivity index (χ1n) is 12.7. The molecule has 0 N–H and O–H groups in total. The summed E-state index contributed by atoms with van der Waals surface area (Å²) in [5.74, 6) is -0.933. The third kappa shape index (κ3) is 2.81. The summed E-state index contributed by atoms with van der Waals surface area (Å²) in [4.78, 5) is 43.1. The van der Waals surface area contributed by atoms with E-state index in [-0.39, 0.29) is 42.4 Å². The van der Waals surface area contributed by atoms with Crippen LogP contribution < -0.4 is 4.90 Å². The van der Waals surface area contributed by atoms with Crippen molar-refractivity contribution in [3.63, 3.8) is 0 Å². The highest BCUT2D eigenvalue weighted by molar-refractivity contribution is 6.21. The van der Waals surface area contributed by atoms with E-state index in [2.05, 4.69) is 29.2 Å². The van der Waals surface area contributed by atoms with Crippen molar-refractivity contribution >= 4 is 23.5 Å². The van der Waals surface area contributed by atoms with Crippen LogP contribution in [0.1, 0.15) is 51.1 Å². The molecular weight excluding hydrogens is 452 g/mol. The number of benzene rings is 3. The lowest BCUT2D eigenvalue weighted by atomic mass is 9.57. The van der Waals surface area contributed by atoms with Gasteiger partial charge in [0.1, 0.15) is 6.10 Å². The van der Waals surface area contributed by atoms with Gasteiger partial charge in [0.05, 0.1) is 28.5 Å². The molecule has 0 spiro atoms. The van der Waals surface area contributed by atoms with Gasteiger partial charge in [0.2, 0.25) is 0 Å². The van der Waals surface area contributed by atoms with E-state index >= 15 is 0 Å². The Kier molecular flexibility index (Phi) is 4.62. The average molecular weight is 479 g/mol. The molecule has 0 radical (unpaired) electrons. The molecule has 3 aromatic carbocycles. The average Bonchev–Trinajstić information content (AvgIpc) is 3.24. The summed E-state index contributed by atoms with van der Waals surface area (Å²) in [6.07, 6.45) is 1.81. The van der Waals surface area contributed by atoms with Crippen LogP contribution in [0.4, 0.5) is 5.69 Å². The number of anilines is 1. The highest BCUT2D eigenvalue weighted by Gasteiger charge is 2.66. The third-order valence-electron chi connectivity index (χ3n) is 8.70. The molecule has 6 nitrogen and oxygen atoms in total. The Balaban J connectivity index is 1.28. The Morgan fingerprint density at radius 3 is 2.22 bits per heavy atom. The van der Waals surface area contributed by atoms with Gasteiger partial charge in [-0.2, -0.15) is 0 Å². The fourth-order valence-corrected chi connectivity index (χ4v) is 7.14. The van der Waals surface area contributed by atoms with Crippen molar-refractivity contribution in [3.8, 4) is 0 Å². The second-order valence-electron chi connectivity index (χ2n) is 10.3. The second-order valence-corrected chi connectivity index (χ2v) is 10.3. The predicted molar refractivity (Wildman–Crippen MR) is 134 cm³/mol. The number of hydrogen-bond donors (Lipinski definition) is 0. The first-order chi connectivity index (χ1) is 17.6. The maximum absolute atomic E-state index is 13.2. The first kappa shape index (κ1) is 21.4. The van der Waals surface area contributed by atoms with Gasteiger partial charge in [-0.05, 0) is 48.6 Å². The van der Waals surface area contributed by atoms with E-state index in [0.717, 1.165) is 30.6 Å². The van der Waals surface area contributed by atoms with Crippen molar-refractivity contribution < 1.29 is 19.1 Å². The molecule has 3 aromatic rings. The van der Waals surface area contributed by atoms with Crippen LogP contribution in [0, 0.1) is 5.92 Å². The Hall–Kier alpha value is -3.93. The van der Waals surface area contributed by atoms with Crippen molar-refractivity contribution in [3.05, 3.63) is 101 Å². The Labute approximate surface area is 209 Å². The van der Waals surface area contributed by atoms with Gasteiger partial charge in [-0.1, -0.05) is 60.7 Å². The van der Waals surface area contributed by atoms with Gasteiger partial charge in [-0.25, -0.2) is 0 Å². The Morgan fingerprint density at radius 1 is 0.806 bits per heavy atom. The molecule has 6 heteroatoms. The minimum Gasteiger partial charge on any atom is -0.459 e. The first-order valence-corrected chi connectivity index (χ1v) is 12.7. The SMILES string of the molecule is O=C1O[C@@H]2[C@@H]3CC[C@H]1[C@@]2(CCN1C(=O)c2ccccc2C1=O)c1ccccc1N3Cc1ccccc1. The minimum absolute atomic E-state index is 0.0463. The van der Waals surface area contributed by atoms with E-state index in [0.29, 0.717) is 17.5 Å². The van der Waals surface area contributed by atoms with Gasteiger partial charge >= 0.3 is 5.97 Å². The van der Waals surface area contributed by atoms with Crippen LogP contribution >= 0.6 is 0 Å². The summed E-state index contributed by atoms with van der Waals surface area (Å²) in [5.41, 5.74) is 3.77. The molecule has 3 heterocycles. The van der Waals surface area contributed by atoms with Crippen LogP contribution in [0.3, 0.4) is 0 Å². The largest absolute Gasteiger partial charge is 0.459 e. The van der Waals surface area contributed by atoms with Crippen molar-refractivity contribution in [1.82, 2.24) is 4.90 Å². The van der Waals surface area contributed by atoms with Crippen LogP contribution in [0.25, 0.3) is 0 Å². The number of ether oxygens (including phenoxy) is 1. The van der Waals surface area contributed by atoms with E-state index in [4.69, 9.17) is 4.74 Å². The number of imide groups is 1. The number of carbonyl (C=O) groups is 3. The van der Waals surface area contributed by atoms with Crippen LogP contribution in [-0.4, -0.2) is 41.4 Å². The van der Waals surface area contributed by atoms with Crippen molar-refractivity contribution in [2.24, 2.45) is 5.92 Å². The van der Waals surface area contributed by atoms with Gasteiger partial charge in [-0.3, -0.25) is 19.3 Å². The molecule has 0 aromatic heterocycles. The summed E-state index contributed by atoms with van der Waals surface area (Å²) in [6.45, 7) is 0.992. The van der Waals surface area contributed by atoms with E-state index in [9.17, 15) is 14.4 Å². The molecule has 36 heavy (non-hydrogen) atoms. The molecule has 2 amide bonds. The summed E-state index contributed by atoms with van der Waals surface area (Å²) < 4.78 is 6.14. The van der Waals surface area contributed by atoms with Crippen LogP contribution in [0.5, 0.6) is 0 Å². The number of fused-ring (bicyclic) bond motifs is 2. The molecular formula is C30H26N2O4. The molecule has 180 valence electrons. The summed E-state index contributed by atoms with van der Waals surface area (Å²) in [5, 5.41) is 0. The molecule has 2 fully saturated rings.